The molecule has 0 aromatic rings. The summed E-state index contributed by atoms with van der Waals surface area (Å²) in [7, 11) is 0. The molecule has 3 nitrogen and oxygen atoms in total. The van der Waals surface area contributed by atoms with Gasteiger partial charge in [0.05, 0.1) is 11.4 Å². The number of hydrogen-bond donors (Lipinski definition) is 3. The van der Waals surface area contributed by atoms with Gasteiger partial charge in [-0.2, -0.15) is 0 Å². The molecule has 0 aromatic carbocycles. The highest BCUT2D eigenvalue weighted by Gasteiger charge is 2.07. The van der Waals surface area contributed by atoms with Crippen molar-refractivity contribution in [2.45, 2.75) is 13.8 Å². The Hall–Kier alpha value is -1.12. The van der Waals surface area contributed by atoms with Gasteiger partial charge in [0.25, 0.3) is 0 Å². The largest absolute Gasteiger partial charge is 0.397 e. The lowest BCUT2D eigenvalue weighted by Crippen LogP contribution is -2.33. The number of nitrogens with two attached hydrogens (primary N) is 1. The van der Waals surface area contributed by atoms with Gasteiger partial charge < -0.3 is 16.6 Å². The van der Waals surface area contributed by atoms with E-state index in [1.807, 2.05) is 6.08 Å². The summed E-state index contributed by atoms with van der Waals surface area (Å²) < 4.78 is 0. The summed E-state index contributed by atoms with van der Waals surface area (Å²) in [5.74, 6) is 0.442. The van der Waals surface area contributed by atoms with E-state index in [4.69, 9.17) is 5.73 Å². The monoisotopic (exact) mass is 139 g/mol. The standard InChI is InChI=1S/C7H13N3/c1-5(2)7-6(8)3-4-9-10-7/h3-5,9-10H,8H2,1-2H3. The molecule has 0 radical (unpaired) electrons. The first-order chi connectivity index (χ1) is 4.72. The Kier molecular flexibility index (Phi) is 1.85. The Morgan fingerprint density at radius 2 is 2.20 bits per heavy atom. The predicted octanol–water partition coefficient (Wildman–Crippen LogP) is 0.434. The molecule has 0 aromatic heterocycles. The molecule has 0 atom stereocenters. The summed E-state index contributed by atoms with van der Waals surface area (Å²) in [6.07, 6.45) is 3.63. The Bertz CT molecular complexity index is 179. The van der Waals surface area contributed by atoms with Gasteiger partial charge in [-0.25, -0.2) is 0 Å². The van der Waals surface area contributed by atoms with Gasteiger partial charge in [0, 0.05) is 6.20 Å². The normalized spacial score (nSPS) is 17.1. The van der Waals surface area contributed by atoms with Gasteiger partial charge >= 0.3 is 0 Å². The summed E-state index contributed by atoms with van der Waals surface area (Å²) in [5, 5.41) is 0. The number of hydrazine groups is 1. The molecule has 3 heteroatoms. The van der Waals surface area contributed by atoms with Gasteiger partial charge in [0.2, 0.25) is 0 Å². The van der Waals surface area contributed by atoms with Crippen molar-refractivity contribution in [3.05, 3.63) is 23.7 Å². The van der Waals surface area contributed by atoms with Gasteiger partial charge in [-0.05, 0) is 12.0 Å². The Morgan fingerprint density at radius 1 is 1.50 bits per heavy atom. The fourth-order valence-corrected chi connectivity index (χ4v) is 0.890. The SMILES string of the molecule is CC(C)C1=C(N)C=CNN1. The van der Waals surface area contributed by atoms with E-state index in [2.05, 4.69) is 24.7 Å². The molecule has 0 fully saturated rings. The Morgan fingerprint density at radius 3 is 2.60 bits per heavy atom. The van der Waals surface area contributed by atoms with Crippen molar-refractivity contribution < 1.29 is 0 Å². The molecule has 1 aliphatic heterocycles. The summed E-state index contributed by atoms with van der Waals surface area (Å²) in [5.41, 5.74) is 13.4. The van der Waals surface area contributed by atoms with Gasteiger partial charge in [-0.1, -0.05) is 13.8 Å². The average molecular weight is 139 g/mol. The number of allylic oxidation sites excluding steroid dienone is 2. The van der Waals surface area contributed by atoms with Crippen molar-refractivity contribution in [1.29, 1.82) is 0 Å². The van der Waals surface area contributed by atoms with E-state index in [0.717, 1.165) is 11.4 Å². The highest BCUT2D eigenvalue weighted by molar-refractivity contribution is 5.24. The van der Waals surface area contributed by atoms with Crippen molar-refractivity contribution in [3.8, 4) is 0 Å². The van der Waals surface area contributed by atoms with Crippen LogP contribution in [0.3, 0.4) is 0 Å². The van der Waals surface area contributed by atoms with Crippen LogP contribution in [0.2, 0.25) is 0 Å². The molecule has 1 heterocycles. The van der Waals surface area contributed by atoms with E-state index in [9.17, 15) is 0 Å². The molecule has 0 unspecified atom stereocenters. The Labute approximate surface area is 61.0 Å². The van der Waals surface area contributed by atoms with Crippen molar-refractivity contribution in [3.63, 3.8) is 0 Å². The van der Waals surface area contributed by atoms with E-state index in [1.54, 1.807) is 6.20 Å². The fourth-order valence-electron chi connectivity index (χ4n) is 0.890. The molecule has 1 aliphatic rings. The second-order valence-corrected chi connectivity index (χ2v) is 2.63. The molecular weight excluding hydrogens is 126 g/mol. The van der Waals surface area contributed by atoms with Crippen LogP contribution in [-0.4, -0.2) is 0 Å². The molecule has 0 saturated heterocycles. The maximum absolute atomic E-state index is 5.67. The first-order valence-electron chi connectivity index (χ1n) is 3.39. The molecule has 56 valence electrons. The highest BCUT2D eigenvalue weighted by Crippen LogP contribution is 2.09. The van der Waals surface area contributed by atoms with Crippen LogP contribution in [0, 0.1) is 5.92 Å². The van der Waals surface area contributed by atoms with Gasteiger partial charge in [0.1, 0.15) is 0 Å². The second kappa shape index (κ2) is 2.64. The van der Waals surface area contributed by atoms with E-state index in [-0.39, 0.29) is 0 Å². The zero-order valence-corrected chi connectivity index (χ0v) is 6.31. The third-order valence-electron chi connectivity index (χ3n) is 1.44. The van der Waals surface area contributed by atoms with Crippen molar-refractivity contribution in [2.24, 2.45) is 11.7 Å². The minimum atomic E-state index is 0.442. The van der Waals surface area contributed by atoms with Crippen LogP contribution >= 0.6 is 0 Å². The van der Waals surface area contributed by atoms with Crippen molar-refractivity contribution in [2.75, 3.05) is 0 Å². The molecule has 1 rings (SSSR count). The first-order valence-corrected chi connectivity index (χ1v) is 3.39. The van der Waals surface area contributed by atoms with Crippen LogP contribution in [0.4, 0.5) is 0 Å². The fraction of sp³-hybridized carbons (Fsp3) is 0.429. The lowest BCUT2D eigenvalue weighted by atomic mass is 10.1. The van der Waals surface area contributed by atoms with E-state index in [1.165, 1.54) is 0 Å². The maximum atomic E-state index is 5.67. The van der Waals surface area contributed by atoms with Crippen molar-refractivity contribution >= 4 is 0 Å². The minimum Gasteiger partial charge on any atom is -0.397 e. The number of nitrogens with one attached hydrogen (secondary N) is 2. The summed E-state index contributed by atoms with van der Waals surface area (Å²) >= 11 is 0. The molecular formula is C7H13N3. The summed E-state index contributed by atoms with van der Waals surface area (Å²) in [4.78, 5) is 0. The Balaban J connectivity index is 2.79. The van der Waals surface area contributed by atoms with Crippen LogP contribution in [-0.2, 0) is 0 Å². The highest BCUT2D eigenvalue weighted by atomic mass is 15.4. The summed E-state index contributed by atoms with van der Waals surface area (Å²) in [6, 6.07) is 0. The average Bonchev–Trinajstić information content (AvgIpc) is 1.88. The second-order valence-electron chi connectivity index (χ2n) is 2.63. The molecule has 10 heavy (non-hydrogen) atoms. The van der Waals surface area contributed by atoms with Crippen LogP contribution < -0.4 is 16.6 Å². The van der Waals surface area contributed by atoms with E-state index >= 15 is 0 Å². The number of rotatable bonds is 1. The lowest BCUT2D eigenvalue weighted by molar-refractivity contribution is 0.595. The van der Waals surface area contributed by atoms with Crippen LogP contribution in [0.25, 0.3) is 0 Å². The third kappa shape index (κ3) is 1.23. The topological polar surface area (TPSA) is 50.1 Å². The van der Waals surface area contributed by atoms with Crippen LogP contribution in [0.15, 0.2) is 23.7 Å². The molecule has 0 aliphatic carbocycles. The van der Waals surface area contributed by atoms with Gasteiger partial charge in [0.15, 0.2) is 0 Å². The van der Waals surface area contributed by atoms with Crippen LogP contribution in [0.5, 0.6) is 0 Å². The van der Waals surface area contributed by atoms with Gasteiger partial charge in [-0.3, -0.25) is 0 Å². The molecule has 0 bridgehead atoms. The minimum absolute atomic E-state index is 0.442. The lowest BCUT2D eigenvalue weighted by Gasteiger charge is -2.19. The smallest absolute Gasteiger partial charge is 0.0568 e. The summed E-state index contributed by atoms with van der Waals surface area (Å²) in [6.45, 7) is 4.19. The molecule has 0 spiro atoms. The van der Waals surface area contributed by atoms with Gasteiger partial charge in [-0.15, -0.1) is 0 Å². The van der Waals surface area contributed by atoms with E-state index in [0.29, 0.717) is 5.92 Å². The third-order valence-corrected chi connectivity index (χ3v) is 1.44. The maximum Gasteiger partial charge on any atom is 0.0568 e. The molecule has 0 amide bonds. The zero-order valence-electron chi connectivity index (χ0n) is 6.31. The first kappa shape index (κ1) is 6.99. The number of hydrogen-bond acceptors (Lipinski definition) is 3. The molecule has 0 saturated carbocycles. The van der Waals surface area contributed by atoms with Crippen LogP contribution in [0.1, 0.15) is 13.8 Å². The van der Waals surface area contributed by atoms with E-state index < -0.39 is 0 Å². The molecule has 4 N–H and O–H groups in total. The zero-order chi connectivity index (χ0) is 7.56. The van der Waals surface area contributed by atoms with Crippen molar-refractivity contribution in [1.82, 2.24) is 10.9 Å². The quantitative estimate of drug-likeness (QED) is 0.494. The predicted molar refractivity (Wildman–Crippen MR) is 41.5 cm³/mol.